The maximum Gasteiger partial charge on any atom is 0.338 e. The van der Waals surface area contributed by atoms with E-state index in [-0.39, 0.29) is 12.0 Å². The molecule has 1 aromatic rings. The number of carbonyl (C=O) groups is 1. The summed E-state index contributed by atoms with van der Waals surface area (Å²) in [6.45, 7) is 4.32. The van der Waals surface area contributed by atoms with Crippen molar-refractivity contribution in [2.24, 2.45) is 0 Å². The van der Waals surface area contributed by atoms with Gasteiger partial charge in [0.15, 0.2) is 0 Å². The Balaban J connectivity index is 2.90. The average Bonchev–Trinajstić information content (AvgIpc) is 2.28. The van der Waals surface area contributed by atoms with Crippen LogP contribution in [0.5, 0.6) is 0 Å². The number of carbonyl (C=O) groups excluding carboxylic acids is 1. The van der Waals surface area contributed by atoms with Crippen LogP contribution in [0, 0.1) is 0 Å². The fourth-order valence-electron chi connectivity index (χ4n) is 1.44. The second kappa shape index (κ2) is 5.66. The van der Waals surface area contributed by atoms with Gasteiger partial charge in [0.2, 0.25) is 0 Å². The van der Waals surface area contributed by atoms with E-state index in [1.54, 1.807) is 6.07 Å². The van der Waals surface area contributed by atoms with Gasteiger partial charge in [-0.1, -0.05) is 12.1 Å². The molecule has 1 aromatic carbocycles. The van der Waals surface area contributed by atoms with Crippen molar-refractivity contribution in [2.75, 3.05) is 20.7 Å². The molecule has 1 unspecified atom stereocenters. The Morgan fingerprint density at radius 1 is 1.44 bits per heavy atom. The van der Waals surface area contributed by atoms with Gasteiger partial charge < -0.3 is 9.64 Å². The molecule has 0 aliphatic carbocycles. The van der Waals surface area contributed by atoms with Crippen LogP contribution in [0.4, 0.5) is 0 Å². The Hall–Kier alpha value is -1.35. The molecular formula is C13H19NO2. The molecular weight excluding hydrogens is 202 g/mol. The molecule has 0 aliphatic heterocycles. The number of benzene rings is 1. The van der Waals surface area contributed by atoms with Gasteiger partial charge >= 0.3 is 5.97 Å². The van der Waals surface area contributed by atoms with Crippen LogP contribution in [0.3, 0.4) is 0 Å². The van der Waals surface area contributed by atoms with E-state index in [1.165, 1.54) is 0 Å². The zero-order valence-electron chi connectivity index (χ0n) is 10.4. The highest BCUT2D eigenvalue weighted by Gasteiger charge is 2.11. The number of hydrogen-bond donors (Lipinski definition) is 0. The average molecular weight is 221 g/mol. The van der Waals surface area contributed by atoms with Gasteiger partial charge in [0.05, 0.1) is 12.2 Å². The molecule has 1 rings (SSSR count). The second-order valence-electron chi connectivity index (χ2n) is 3.99. The molecule has 0 saturated carbocycles. The highest BCUT2D eigenvalue weighted by Crippen LogP contribution is 2.18. The molecule has 3 nitrogen and oxygen atoms in total. The smallest absolute Gasteiger partial charge is 0.338 e. The minimum atomic E-state index is -0.254. The van der Waals surface area contributed by atoms with E-state index in [4.69, 9.17) is 4.74 Å². The topological polar surface area (TPSA) is 29.5 Å². The quantitative estimate of drug-likeness (QED) is 0.731. The van der Waals surface area contributed by atoms with Gasteiger partial charge in [-0.25, -0.2) is 4.79 Å². The van der Waals surface area contributed by atoms with Crippen molar-refractivity contribution in [2.45, 2.75) is 19.9 Å². The summed E-state index contributed by atoms with van der Waals surface area (Å²) in [5.74, 6) is -0.254. The maximum absolute atomic E-state index is 11.6. The molecule has 0 fully saturated rings. The Labute approximate surface area is 97.0 Å². The fraction of sp³-hybridized carbons (Fsp3) is 0.462. The zero-order valence-corrected chi connectivity index (χ0v) is 10.4. The molecule has 0 spiro atoms. The van der Waals surface area contributed by atoms with Crippen LogP contribution in [-0.2, 0) is 4.74 Å². The third kappa shape index (κ3) is 3.07. The minimum absolute atomic E-state index is 0.254. The van der Waals surface area contributed by atoms with Crippen molar-refractivity contribution in [1.29, 1.82) is 0 Å². The lowest BCUT2D eigenvalue weighted by molar-refractivity contribution is 0.0526. The number of hydrogen-bond acceptors (Lipinski definition) is 3. The Bertz CT molecular complexity index is 361. The summed E-state index contributed by atoms with van der Waals surface area (Å²) in [6, 6.07) is 7.87. The van der Waals surface area contributed by atoms with Crippen molar-refractivity contribution in [3.05, 3.63) is 35.4 Å². The first kappa shape index (κ1) is 12.7. The number of rotatable bonds is 4. The summed E-state index contributed by atoms with van der Waals surface area (Å²) in [7, 11) is 4.03. The Morgan fingerprint density at radius 3 is 2.69 bits per heavy atom. The van der Waals surface area contributed by atoms with E-state index in [2.05, 4.69) is 11.8 Å². The van der Waals surface area contributed by atoms with Gasteiger partial charge in [0.25, 0.3) is 0 Å². The van der Waals surface area contributed by atoms with Crippen LogP contribution in [-0.4, -0.2) is 31.6 Å². The van der Waals surface area contributed by atoms with E-state index in [9.17, 15) is 4.79 Å². The van der Waals surface area contributed by atoms with Gasteiger partial charge in [0.1, 0.15) is 0 Å². The first-order valence-electron chi connectivity index (χ1n) is 5.49. The monoisotopic (exact) mass is 221 g/mol. The minimum Gasteiger partial charge on any atom is -0.462 e. The van der Waals surface area contributed by atoms with Gasteiger partial charge in [0, 0.05) is 6.04 Å². The summed E-state index contributed by atoms with van der Waals surface area (Å²) < 4.78 is 4.97. The van der Waals surface area contributed by atoms with Crippen molar-refractivity contribution < 1.29 is 9.53 Å². The summed E-state index contributed by atoms with van der Waals surface area (Å²) >= 11 is 0. The van der Waals surface area contributed by atoms with Crippen molar-refractivity contribution in [1.82, 2.24) is 4.90 Å². The SMILES string of the molecule is CCOC(=O)c1cccc(C(C)N(C)C)c1. The maximum atomic E-state index is 11.6. The van der Waals surface area contributed by atoms with Gasteiger partial charge in [-0.3, -0.25) is 0 Å². The first-order valence-corrected chi connectivity index (χ1v) is 5.49. The van der Waals surface area contributed by atoms with Crippen molar-refractivity contribution in [3.63, 3.8) is 0 Å². The largest absolute Gasteiger partial charge is 0.462 e. The van der Waals surface area contributed by atoms with Gasteiger partial charge in [-0.05, 0) is 45.6 Å². The summed E-state index contributed by atoms with van der Waals surface area (Å²) in [5.41, 5.74) is 1.74. The van der Waals surface area contributed by atoms with E-state index in [0.717, 1.165) is 5.56 Å². The van der Waals surface area contributed by atoms with E-state index < -0.39 is 0 Å². The molecule has 88 valence electrons. The highest BCUT2D eigenvalue weighted by atomic mass is 16.5. The Morgan fingerprint density at radius 2 is 2.12 bits per heavy atom. The van der Waals surface area contributed by atoms with E-state index in [1.807, 2.05) is 39.2 Å². The molecule has 16 heavy (non-hydrogen) atoms. The second-order valence-corrected chi connectivity index (χ2v) is 3.99. The molecule has 0 aliphatic rings. The Kier molecular flexibility index (Phi) is 4.50. The van der Waals surface area contributed by atoms with Crippen LogP contribution in [0.2, 0.25) is 0 Å². The molecule has 3 heteroatoms. The first-order chi connectivity index (χ1) is 7.56. The third-order valence-electron chi connectivity index (χ3n) is 2.65. The summed E-state index contributed by atoms with van der Waals surface area (Å²) in [6.07, 6.45) is 0. The van der Waals surface area contributed by atoms with Crippen LogP contribution in [0.25, 0.3) is 0 Å². The fourth-order valence-corrected chi connectivity index (χ4v) is 1.44. The molecule has 0 N–H and O–H groups in total. The van der Waals surface area contributed by atoms with Gasteiger partial charge in [-0.15, -0.1) is 0 Å². The third-order valence-corrected chi connectivity index (χ3v) is 2.65. The van der Waals surface area contributed by atoms with Crippen LogP contribution >= 0.6 is 0 Å². The lowest BCUT2D eigenvalue weighted by atomic mass is 10.0. The predicted octanol–water partition coefficient (Wildman–Crippen LogP) is 2.49. The molecule has 0 radical (unpaired) electrons. The molecule has 0 aromatic heterocycles. The van der Waals surface area contributed by atoms with Crippen molar-refractivity contribution in [3.8, 4) is 0 Å². The summed E-state index contributed by atoms with van der Waals surface area (Å²) in [5, 5.41) is 0. The lowest BCUT2D eigenvalue weighted by Gasteiger charge is -2.20. The van der Waals surface area contributed by atoms with Gasteiger partial charge in [-0.2, -0.15) is 0 Å². The molecule has 1 atom stereocenters. The summed E-state index contributed by atoms with van der Waals surface area (Å²) in [4.78, 5) is 13.7. The van der Waals surface area contributed by atoms with Crippen LogP contribution in [0.1, 0.15) is 35.8 Å². The van der Waals surface area contributed by atoms with Crippen molar-refractivity contribution >= 4 is 5.97 Å². The highest BCUT2D eigenvalue weighted by molar-refractivity contribution is 5.89. The number of esters is 1. The molecule has 0 heterocycles. The van der Waals surface area contributed by atoms with E-state index in [0.29, 0.717) is 12.2 Å². The predicted molar refractivity (Wildman–Crippen MR) is 64.5 cm³/mol. The molecule has 0 saturated heterocycles. The standard InChI is InChI=1S/C13H19NO2/c1-5-16-13(15)12-8-6-7-11(9-12)10(2)14(3)4/h6-10H,5H2,1-4H3. The zero-order chi connectivity index (χ0) is 12.1. The number of nitrogens with zero attached hydrogens (tertiary/aromatic N) is 1. The molecule has 0 bridgehead atoms. The van der Waals surface area contributed by atoms with Crippen LogP contribution < -0.4 is 0 Å². The molecule has 0 amide bonds. The lowest BCUT2D eigenvalue weighted by Crippen LogP contribution is -2.17. The van der Waals surface area contributed by atoms with E-state index >= 15 is 0 Å². The van der Waals surface area contributed by atoms with Crippen LogP contribution in [0.15, 0.2) is 24.3 Å². The normalized spacial score (nSPS) is 12.6. The number of ether oxygens (including phenoxy) is 1.